The predicted octanol–water partition coefficient (Wildman–Crippen LogP) is 3.88. The fraction of sp³-hybridized carbons (Fsp3) is 0.292. The van der Waals surface area contributed by atoms with E-state index in [-0.39, 0.29) is 17.3 Å². The van der Waals surface area contributed by atoms with Crippen molar-refractivity contribution in [2.75, 3.05) is 33.4 Å². The standard InChI is InChI=1S/C24H27NO5/c1-4-29-22-12-16(6-8-20(22)26)10-18-14-25(3)15-19(24(18)28)11-17-7-9-21(27)23(13-17)30-5-2/h6-13,26-27H,4-5,14-15H2,1-3H3/b18-10-,19-11+. The number of carbonyl (C=O) groups excluding carboxylic acids is 1. The Hall–Kier alpha value is -3.25. The molecule has 30 heavy (non-hydrogen) atoms. The van der Waals surface area contributed by atoms with Crippen LogP contribution >= 0.6 is 0 Å². The average molecular weight is 409 g/mol. The van der Waals surface area contributed by atoms with E-state index >= 15 is 0 Å². The third kappa shape index (κ3) is 5.02. The highest BCUT2D eigenvalue weighted by molar-refractivity contribution is 6.14. The quantitative estimate of drug-likeness (QED) is 0.705. The molecule has 2 N–H and O–H groups in total. The van der Waals surface area contributed by atoms with Crippen molar-refractivity contribution in [2.45, 2.75) is 13.8 Å². The molecule has 2 aromatic carbocycles. The molecule has 0 bridgehead atoms. The van der Waals surface area contributed by atoms with Gasteiger partial charge < -0.3 is 19.7 Å². The van der Waals surface area contributed by atoms with Crippen molar-refractivity contribution in [3.8, 4) is 23.0 Å². The molecule has 1 saturated heterocycles. The fourth-order valence-electron chi connectivity index (χ4n) is 3.40. The monoisotopic (exact) mass is 409 g/mol. The van der Waals surface area contributed by atoms with Gasteiger partial charge in [-0.15, -0.1) is 0 Å². The molecular formula is C24H27NO5. The van der Waals surface area contributed by atoms with Crippen LogP contribution in [-0.2, 0) is 4.79 Å². The number of hydrogen-bond donors (Lipinski definition) is 2. The van der Waals surface area contributed by atoms with Crippen LogP contribution in [0.15, 0.2) is 47.5 Å². The van der Waals surface area contributed by atoms with E-state index < -0.39 is 0 Å². The first-order chi connectivity index (χ1) is 14.4. The molecule has 0 spiro atoms. The van der Waals surface area contributed by atoms with Gasteiger partial charge in [0.15, 0.2) is 28.8 Å². The maximum absolute atomic E-state index is 13.1. The number of phenolic OH excluding ortho intramolecular Hbond substituents is 2. The summed E-state index contributed by atoms with van der Waals surface area (Å²) in [5, 5.41) is 19.8. The number of likely N-dealkylation sites (N-methyl/N-ethyl adjacent to an activating group) is 1. The van der Waals surface area contributed by atoms with Crippen molar-refractivity contribution in [1.82, 2.24) is 4.90 Å². The summed E-state index contributed by atoms with van der Waals surface area (Å²) in [6.45, 7) is 5.64. The van der Waals surface area contributed by atoms with E-state index in [2.05, 4.69) is 4.90 Å². The average Bonchev–Trinajstić information content (AvgIpc) is 2.71. The number of ketones is 1. The zero-order valence-corrected chi connectivity index (χ0v) is 17.5. The van der Waals surface area contributed by atoms with Crippen LogP contribution in [0.2, 0.25) is 0 Å². The van der Waals surface area contributed by atoms with E-state index in [1.54, 1.807) is 36.4 Å². The first-order valence-corrected chi connectivity index (χ1v) is 9.97. The van der Waals surface area contributed by atoms with Crippen LogP contribution in [0, 0.1) is 0 Å². The van der Waals surface area contributed by atoms with Crippen molar-refractivity contribution in [3.63, 3.8) is 0 Å². The van der Waals surface area contributed by atoms with Crippen molar-refractivity contribution in [1.29, 1.82) is 0 Å². The molecule has 0 amide bonds. The molecular weight excluding hydrogens is 382 g/mol. The number of aromatic hydroxyl groups is 2. The second kappa shape index (κ2) is 9.50. The van der Waals surface area contributed by atoms with Gasteiger partial charge in [-0.25, -0.2) is 0 Å². The van der Waals surface area contributed by atoms with E-state index in [9.17, 15) is 15.0 Å². The van der Waals surface area contributed by atoms with Gasteiger partial charge in [-0.2, -0.15) is 0 Å². The van der Waals surface area contributed by atoms with E-state index in [1.807, 2.05) is 33.0 Å². The molecule has 0 aliphatic carbocycles. The third-order valence-corrected chi connectivity index (χ3v) is 4.71. The summed E-state index contributed by atoms with van der Waals surface area (Å²) in [5.41, 5.74) is 2.90. The number of carbonyl (C=O) groups is 1. The number of phenols is 2. The molecule has 158 valence electrons. The Labute approximate surface area is 176 Å². The van der Waals surface area contributed by atoms with E-state index in [0.29, 0.717) is 48.9 Å². The van der Waals surface area contributed by atoms with Crippen LogP contribution in [0.1, 0.15) is 25.0 Å². The van der Waals surface area contributed by atoms with Crippen molar-refractivity contribution in [3.05, 3.63) is 58.7 Å². The number of nitrogens with zero attached hydrogens (tertiary/aromatic N) is 1. The molecule has 6 heteroatoms. The Bertz CT molecular complexity index is 916. The van der Waals surface area contributed by atoms with Gasteiger partial charge >= 0.3 is 0 Å². The van der Waals surface area contributed by atoms with Gasteiger partial charge in [0.1, 0.15) is 0 Å². The van der Waals surface area contributed by atoms with E-state index in [0.717, 1.165) is 11.1 Å². The zero-order chi connectivity index (χ0) is 21.7. The van der Waals surface area contributed by atoms with Crippen LogP contribution in [0.5, 0.6) is 23.0 Å². The van der Waals surface area contributed by atoms with Crippen molar-refractivity contribution < 1.29 is 24.5 Å². The number of benzene rings is 2. The van der Waals surface area contributed by atoms with Crippen molar-refractivity contribution in [2.24, 2.45) is 0 Å². The lowest BCUT2D eigenvalue weighted by atomic mass is 9.94. The maximum atomic E-state index is 13.1. The van der Waals surface area contributed by atoms with Crippen LogP contribution in [0.25, 0.3) is 12.2 Å². The minimum Gasteiger partial charge on any atom is -0.504 e. The molecule has 2 aromatic rings. The van der Waals surface area contributed by atoms with Gasteiger partial charge in [0.2, 0.25) is 0 Å². The Balaban J connectivity index is 1.92. The summed E-state index contributed by atoms with van der Waals surface area (Å²) < 4.78 is 10.9. The van der Waals surface area contributed by atoms with E-state index in [4.69, 9.17) is 9.47 Å². The summed E-state index contributed by atoms with van der Waals surface area (Å²) in [7, 11) is 1.96. The molecule has 0 radical (unpaired) electrons. The summed E-state index contributed by atoms with van der Waals surface area (Å²) >= 11 is 0. The molecule has 0 aromatic heterocycles. The Morgan fingerprint density at radius 3 is 1.70 bits per heavy atom. The van der Waals surface area contributed by atoms with Gasteiger partial charge in [-0.05, 0) is 68.4 Å². The summed E-state index contributed by atoms with van der Waals surface area (Å²) in [6.07, 6.45) is 3.66. The normalized spacial score (nSPS) is 17.5. The lowest BCUT2D eigenvalue weighted by Crippen LogP contribution is -2.34. The third-order valence-electron chi connectivity index (χ3n) is 4.71. The second-order valence-electron chi connectivity index (χ2n) is 7.16. The van der Waals surface area contributed by atoms with Crippen LogP contribution < -0.4 is 9.47 Å². The minimum atomic E-state index is -0.0230. The molecule has 1 aliphatic rings. The van der Waals surface area contributed by atoms with Gasteiger partial charge in [-0.3, -0.25) is 9.69 Å². The topological polar surface area (TPSA) is 79.2 Å². The first kappa shape index (κ1) is 21.5. The second-order valence-corrected chi connectivity index (χ2v) is 7.16. The molecule has 1 fully saturated rings. The number of likely N-dealkylation sites (tertiary alicyclic amines) is 1. The lowest BCUT2D eigenvalue weighted by molar-refractivity contribution is -0.113. The number of piperidine rings is 1. The zero-order valence-electron chi connectivity index (χ0n) is 17.5. The number of Topliss-reactive ketones (excluding diaryl/α,β-unsaturated/α-hetero) is 1. The van der Waals surface area contributed by atoms with Gasteiger partial charge in [0.05, 0.1) is 13.2 Å². The van der Waals surface area contributed by atoms with Crippen molar-refractivity contribution >= 4 is 17.9 Å². The van der Waals surface area contributed by atoms with Gasteiger partial charge in [0, 0.05) is 24.2 Å². The molecule has 3 rings (SSSR count). The number of ether oxygens (including phenoxy) is 2. The number of hydrogen-bond acceptors (Lipinski definition) is 6. The van der Waals surface area contributed by atoms with E-state index in [1.165, 1.54) is 0 Å². The molecule has 0 atom stereocenters. The Morgan fingerprint density at radius 1 is 0.867 bits per heavy atom. The highest BCUT2D eigenvalue weighted by Gasteiger charge is 2.24. The molecule has 6 nitrogen and oxygen atoms in total. The number of rotatable bonds is 6. The SMILES string of the molecule is CCOc1cc(/C=C2/CN(C)C/C(=C\c3ccc(O)c(OCC)c3)C2=O)ccc1O. The van der Waals surface area contributed by atoms with Gasteiger partial charge in [-0.1, -0.05) is 12.1 Å². The first-order valence-electron chi connectivity index (χ1n) is 9.97. The fourth-order valence-corrected chi connectivity index (χ4v) is 3.40. The molecule has 0 unspecified atom stereocenters. The minimum absolute atomic E-state index is 0.0230. The highest BCUT2D eigenvalue weighted by atomic mass is 16.5. The summed E-state index contributed by atoms with van der Waals surface area (Å²) in [5.74, 6) is 0.914. The predicted molar refractivity (Wildman–Crippen MR) is 117 cm³/mol. The smallest absolute Gasteiger partial charge is 0.187 e. The van der Waals surface area contributed by atoms with Crippen LogP contribution in [0.4, 0.5) is 0 Å². The van der Waals surface area contributed by atoms with Crippen LogP contribution in [-0.4, -0.2) is 54.2 Å². The lowest BCUT2D eigenvalue weighted by Gasteiger charge is -2.26. The Kier molecular flexibility index (Phi) is 6.79. The molecule has 0 saturated carbocycles. The molecule has 1 aliphatic heterocycles. The largest absolute Gasteiger partial charge is 0.504 e. The molecule has 1 heterocycles. The van der Waals surface area contributed by atoms with Gasteiger partial charge in [0.25, 0.3) is 0 Å². The highest BCUT2D eigenvalue weighted by Crippen LogP contribution is 2.30. The summed E-state index contributed by atoms with van der Waals surface area (Å²) in [4.78, 5) is 15.2. The summed E-state index contributed by atoms with van der Waals surface area (Å²) in [6, 6.07) is 10.1. The van der Waals surface area contributed by atoms with Crippen LogP contribution in [0.3, 0.4) is 0 Å². The Morgan fingerprint density at radius 2 is 1.30 bits per heavy atom. The maximum Gasteiger partial charge on any atom is 0.187 e.